The average Bonchev–Trinajstić information content (AvgIpc) is 1.85. The van der Waals surface area contributed by atoms with Gasteiger partial charge in [-0.25, -0.2) is 0 Å². The zero-order chi connectivity index (χ0) is 7.11. The molecule has 0 heterocycles. The third-order valence-electron chi connectivity index (χ3n) is 0.673. The molecular weight excluding hydrogens is 134 g/mol. The van der Waals surface area contributed by atoms with E-state index in [1.54, 1.807) is 18.5 Å². The minimum atomic E-state index is 0.649. The van der Waals surface area contributed by atoms with E-state index in [0.29, 0.717) is 5.03 Å². The summed E-state index contributed by atoms with van der Waals surface area (Å²) in [4.78, 5) is 3.82. The summed E-state index contributed by atoms with van der Waals surface area (Å²) in [5.41, 5.74) is 0. The molecule has 0 saturated carbocycles. The molecule has 0 aromatic rings. The second kappa shape index (κ2) is 5.57. The molecule has 0 bridgehead atoms. The molecule has 0 saturated heterocycles. The van der Waals surface area contributed by atoms with Crippen molar-refractivity contribution in [2.75, 3.05) is 0 Å². The van der Waals surface area contributed by atoms with Crippen LogP contribution in [0.4, 0.5) is 0 Å². The molecule has 50 valence electrons. The number of rotatable bonds is 2. The van der Waals surface area contributed by atoms with Crippen LogP contribution in [0.5, 0.6) is 0 Å². The molecule has 2 heteroatoms. The van der Waals surface area contributed by atoms with Crippen molar-refractivity contribution in [3.63, 3.8) is 0 Å². The van der Waals surface area contributed by atoms with Crippen molar-refractivity contribution in [1.29, 1.82) is 0 Å². The van der Waals surface area contributed by atoms with Crippen LogP contribution in [-0.4, -0.2) is 6.21 Å². The second-order valence-corrected chi connectivity index (χ2v) is 1.86. The third-order valence-corrected chi connectivity index (χ3v) is 0.896. The van der Waals surface area contributed by atoms with E-state index in [2.05, 4.69) is 4.99 Å². The maximum absolute atomic E-state index is 5.62. The van der Waals surface area contributed by atoms with Gasteiger partial charge in [0.15, 0.2) is 0 Å². The minimum Gasteiger partial charge on any atom is -0.268 e. The lowest BCUT2D eigenvalue weighted by Crippen LogP contribution is -1.60. The predicted molar refractivity (Wildman–Crippen MR) is 42.9 cm³/mol. The van der Waals surface area contributed by atoms with Crippen LogP contribution in [0.1, 0.15) is 13.8 Å². The molecule has 0 atom stereocenters. The first-order valence-corrected chi connectivity index (χ1v) is 3.15. The predicted octanol–water partition coefficient (Wildman–Crippen LogP) is 2.73. The summed E-state index contributed by atoms with van der Waals surface area (Å²) in [7, 11) is 0. The Labute approximate surface area is 60.7 Å². The number of allylic oxidation sites excluding steroid dienone is 3. The molecule has 0 unspecified atom stereocenters. The van der Waals surface area contributed by atoms with Crippen LogP contribution in [0.25, 0.3) is 0 Å². The Morgan fingerprint density at radius 3 is 2.56 bits per heavy atom. The summed E-state index contributed by atoms with van der Waals surface area (Å²) < 4.78 is 0. The molecule has 0 fully saturated rings. The molecule has 0 amide bonds. The number of hydrogen-bond acceptors (Lipinski definition) is 1. The van der Waals surface area contributed by atoms with Gasteiger partial charge in [-0.05, 0) is 19.9 Å². The number of halogens is 1. The quantitative estimate of drug-likeness (QED) is 0.417. The molecule has 0 aliphatic rings. The van der Waals surface area contributed by atoms with Gasteiger partial charge in [0.2, 0.25) is 0 Å². The van der Waals surface area contributed by atoms with E-state index in [-0.39, 0.29) is 0 Å². The van der Waals surface area contributed by atoms with Crippen molar-refractivity contribution in [2.24, 2.45) is 4.99 Å². The average molecular weight is 144 g/mol. The van der Waals surface area contributed by atoms with Crippen molar-refractivity contribution in [3.8, 4) is 0 Å². The maximum atomic E-state index is 5.62. The first-order valence-electron chi connectivity index (χ1n) is 2.77. The minimum absolute atomic E-state index is 0.649. The smallest absolute Gasteiger partial charge is 0.0585 e. The largest absolute Gasteiger partial charge is 0.268 e. The molecule has 0 aliphatic carbocycles. The standard InChI is InChI=1S/C7H10ClN/c1-3-5-7(8)6-9-4-2/h3-6H,1-2H3/b5-3-,7-6+,9-4?. The molecule has 0 aromatic heterocycles. The Kier molecular flexibility index (Phi) is 5.23. The molecule has 0 spiro atoms. The van der Waals surface area contributed by atoms with Crippen LogP contribution in [0.3, 0.4) is 0 Å². The molecule has 9 heavy (non-hydrogen) atoms. The van der Waals surface area contributed by atoms with Crippen LogP contribution in [0.15, 0.2) is 28.4 Å². The first-order chi connectivity index (χ1) is 4.31. The van der Waals surface area contributed by atoms with Crippen molar-refractivity contribution in [1.82, 2.24) is 0 Å². The van der Waals surface area contributed by atoms with Gasteiger partial charge in [0.05, 0.1) is 5.03 Å². The highest BCUT2D eigenvalue weighted by Gasteiger charge is 1.76. The maximum Gasteiger partial charge on any atom is 0.0585 e. The van der Waals surface area contributed by atoms with E-state index in [1.165, 1.54) is 0 Å². The van der Waals surface area contributed by atoms with Gasteiger partial charge in [-0.1, -0.05) is 17.7 Å². The lowest BCUT2D eigenvalue weighted by atomic mass is 10.5. The van der Waals surface area contributed by atoms with Crippen LogP contribution >= 0.6 is 11.6 Å². The van der Waals surface area contributed by atoms with Crippen molar-refractivity contribution < 1.29 is 0 Å². The molecule has 0 aromatic carbocycles. The molecular formula is C7H10ClN. The van der Waals surface area contributed by atoms with Gasteiger partial charge in [-0.2, -0.15) is 0 Å². The zero-order valence-electron chi connectivity index (χ0n) is 5.63. The SMILES string of the molecule is CC=N/C=C(Cl)\C=C/C. The van der Waals surface area contributed by atoms with Crippen LogP contribution in [0.2, 0.25) is 0 Å². The number of aliphatic imine (C=N–C) groups is 1. The van der Waals surface area contributed by atoms with Gasteiger partial charge in [0.25, 0.3) is 0 Å². The van der Waals surface area contributed by atoms with Gasteiger partial charge in [0, 0.05) is 12.4 Å². The third kappa shape index (κ3) is 5.31. The summed E-state index contributed by atoms with van der Waals surface area (Å²) in [5.74, 6) is 0. The van der Waals surface area contributed by atoms with E-state index in [4.69, 9.17) is 11.6 Å². The zero-order valence-corrected chi connectivity index (χ0v) is 6.39. The lowest BCUT2D eigenvalue weighted by Gasteiger charge is -1.80. The molecule has 1 nitrogen and oxygen atoms in total. The molecule has 0 rings (SSSR count). The summed E-state index contributed by atoms with van der Waals surface area (Å²) in [6.45, 7) is 3.75. The summed E-state index contributed by atoms with van der Waals surface area (Å²) >= 11 is 5.62. The lowest BCUT2D eigenvalue weighted by molar-refractivity contribution is 1.55. The molecule has 0 aliphatic heterocycles. The monoisotopic (exact) mass is 143 g/mol. The van der Waals surface area contributed by atoms with E-state index < -0.39 is 0 Å². The molecule has 0 N–H and O–H groups in total. The topological polar surface area (TPSA) is 12.4 Å². The van der Waals surface area contributed by atoms with Crippen LogP contribution < -0.4 is 0 Å². The van der Waals surface area contributed by atoms with Crippen LogP contribution in [0, 0.1) is 0 Å². The number of hydrogen-bond donors (Lipinski definition) is 0. The van der Waals surface area contributed by atoms with E-state index in [0.717, 1.165) is 0 Å². The second-order valence-electron chi connectivity index (χ2n) is 1.42. The number of nitrogens with zero attached hydrogens (tertiary/aromatic N) is 1. The Hall–Kier alpha value is -0.560. The van der Waals surface area contributed by atoms with Gasteiger partial charge >= 0.3 is 0 Å². The fourth-order valence-electron chi connectivity index (χ4n) is 0.348. The normalized spacial score (nSPS) is 13.9. The fourth-order valence-corrected chi connectivity index (χ4v) is 0.530. The fraction of sp³-hybridized carbons (Fsp3) is 0.286. The van der Waals surface area contributed by atoms with E-state index in [9.17, 15) is 0 Å². The highest BCUT2D eigenvalue weighted by atomic mass is 35.5. The van der Waals surface area contributed by atoms with E-state index in [1.807, 2.05) is 19.9 Å². The Morgan fingerprint density at radius 2 is 2.11 bits per heavy atom. The van der Waals surface area contributed by atoms with Gasteiger partial charge in [-0.15, -0.1) is 0 Å². The molecule has 0 radical (unpaired) electrons. The van der Waals surface area contributed by atoms with Gasteiger partial charge in [0.1, 0.15) is 0 Å². The van der Waals surface area contributed by atoms with Gasteiger partial charge in [-0.3, -0.25) is 4.99 Å². The first kappa shape index (κ1) is 8.44. The highest BCUT2D eigenvalue weighted by molar-refractivity contribution is 6.31. The highest BCUT2D eigenvalue weighted by Crippen LogP contribution is 2.01. The van der Waals surface area contributed by atoms with Crippen LogP contribution in [-0.2, 0) is 0 Å². The van der Waals surface area contributed by atoms with Gasteiger partial charge < -0.3 is 0 Å². The summed E-state index contributed by atoms with van der Waals surface area (Å²) in [6.07, 6.45) is 6.94. The van der Waals surface area contributed by atoms with Crippen molar-refractivity contribution >= 4 is 17.8 Å². The summed E-state index contributed by atoms with van der Waals surface area (Å²) in [5, 5.41) is 0.649. The van der Waals surface area contributed by atoms with E-state index >= 15 is 0 Å². The Balaban J connectivity index is 3.84. The summed E-state index contributed by atoms with van der Waals surface area (Å²) in [6, 6.07) is 0. The Morgan fingerprint density at radius 1 is 1.44 bits per heavy atom. The van der Waals surface area contributed by atoms with Crippen molar-refractivity contribution in [2.45, 2.75) is 13.8 Å². The Bertz CT molecular complexity index is 145. The van der Waals surface area contributed by atoms with Crippen molar-refractivity contribution in [3.05, 3.63) is 23.4 Å².